The van der Waals surface area contributed by atoms with Gasteiger partial charge in [-0.1, -0.05) is 30.3 Å². The average molecular weight is 713 g/mol. The smallest absolute Gasteiger partial charge is 0.274 e. The van der Waals surface area contributed by atoms with Gasteiger partial charge in [-0.25, -0.2) is 15.0 Å². The van der Waals surface area contributed by atoms with Crippen molar-refractivity contribution in [2.75, 3.05) is 28.4 Å². The molecular weight excluding hydrogens is 672 g/mol. The Bertz CT molecular complexity index is 2460. The highest BCUT2D eigenvalue weighted by molar-refractivity contribution is 5.85. The molecule has 7 aromatic rings. The van der Waals surface area contributed by atoms with Gasteiger partial charge >= 0.3 is 0 Å². The van der Waals surface area contributed by atoms with E-state index in [1.807, 2.05) is 89.8 Å². The van der Waals surface area contributed by atoms with Gasteiger partial charge in [-0.15, -0.1) is 0 Å². The number of methoxy groups -OCH3 is 4. The standard InChI is InChI=1S/C24H23N3O3.C17H17N3O3/c1-28-21-11-8-17(12-22(21)29-2)19-13-20-23(27(15-25-20)18-9-10-18)24(26-19)30-14-16-6-4-3-5-7-16;1-22-14-6-3-10(7-15(14)23-2)12-8-13-16(17(21)19-12)20(9-18-13)11-4-5-11/h3-8,11-13,15,18H,9-10,14H2,1-2H3;3,6-9,11H,4-5H2,1-2H3,(H,19,21). The van der Waals surface area contributed by atoms with Crippen molar-refractivity contribution in [3.8, 4) is 51.4 Å². The largest absolute Gasteiger partial charge is 0.493 e. The fourth-order valence-electron chi connectivity index (χ4n) is 6.48. The summed E-state index contributed by atoms with van der Waals surface area (Å²) in [6, 6.07) is 26.3. The number of aromatic nitrogens is 6. The summed E-state index contributed by atoms with van der Waals surface area (Å²) in [5.74, 6) is 3.21. The topological polar surface area (TPSA) is 128 Å². The van der Waals surface area contributed by atoms with Crippen molar-refractivity contribution in [3.05, 3.63) is 107 Å². The Morgan fingerprint density at radius 2 is 1.23 bits per heavy atom. The van der Waals surface area contributed by atoms with Crippen LogP contribution in [0.1, 0.15) is 43.3 Å². The van der Waals surface area contributed by atoms with Crippen LogP contribution in [0, 0.1) is 0 Å². The first-order valence-corrected chi connectivity index (χ1v) is 17.6. The molecule has 0 atom stereocenters. The highest BCUT2D eigenvalue weighted by atomic mass is 16.5. The summed E-state index contributed by atoms with van der Waals surface area (Å²) in [7, 11) is 6.44. The van der Waals surface area contributed by atoms with Crippen LogP contribution in [0.25, 0.3) is 44.6 Å². The van der Waals surface area contributed by atoms with E-state index in [0.717, 1.165) is 46.3 Å². The highest BCUT2D eigenvalue weighted by Crippen LogP contribution is 2.41. The molecule has 0 aliphatic heterocycles. The molecule has 3 aromatic carbocycles. The molecule has 9 rings (SSSR count). The third-order valence-electron chi connectivity index (χ3n) is 9.56. The summed E-state index contributed by atoms with van der Waals surface area (Å²) in [5.41, 5.74) is 7.45. The number of benzene rings is 3. The monoisotopic (exact) mass is 712 g/mol. The van der Waals surface area contributed by atoms with E-state index in [4.69, 9.17) is 28.7 Å². The zero-order valence-corrected chi connectivity index (χ0v) is 30.0. The number of H-pyrrole nitrogens is 1. The van der Waals surface area contributed by atoms with Gasteiger partial charge < -0.3 is 37.8 Å². The number of nitrogens with one attached hydrogen (secondary N) is 1. The van der Waals surface area contributed by atoms with Crippen LogP contribution in [0.4, 0.5) is 0 Å². The van der Waals surface area contributed by atoms with Crippen LogP contribution < -0.4 is 29.2 Å². The van der Waals surface area contributed by atoms with Crippen LogP contribution >= 0.6 is 0 Å². The van der Waals surface area contributed by atoms with E-state index < -0.39 is 0 Å². The van der Waals surface area contributed by atoms with Gasteiger partial charge in [0.2, 0.25) is 5.88 Å². The Kier molecular flexibility index (Phi) is 9.17. The maximum Gasteiger partial charge on any atom is 0.274 e. The summed E-state index contributed by atoms with van der Waals surface area (Å²) in [5, 5.41) is 0. The van der Waals surface area contributed by atoms with E-state index >= 15 is 0 Å². The quantitative estimate of drug-likeness (QED) is 0.143. The Hall–Kier alpha value is -6.30. The lowest BCUT2D eigenvalue weighted by Gasteiger charge is -2.13. The van der Waals surface area contributed by atoms with Crippen molar-refractivity contribution in [1.82, 2.24) is 29.1 Å². The molecule has 2 aliphatic carbocycles. The van der Waals surface area contributed by atoms with Gasteiger partial charge in [-0.2, -0.15) is 0 Å². The maximum atomic E-state index is 12.5. The summed E-state index contributed by atoms with van der Waals surface area (Å²) < 4.78 is 31.8. The molecule has 4 heterocycles. The zero-order chi connectivity index (χ0) is 36.5. The van der Waals surface area contributed by atoms with Gasteiger partial charge in [0.15, 0.2) is 23.0 Å². The minimum atomic E-state index is -0.114. The second-order valence-corrected chi connectivity index (χ2v) is 13.1. The first-order chi connectivity index (χ1) is 26.0. The number of hydrogen-bond donors (Lipinski definition) is 1. The van der Waals surface area contributed by atoms with E-state index in [0.29, 0.717) is 64.3 Å². The van der Waals surface area contributed by atoms with E-state index in [1.54, 1.807) is 34.8 Å². The van der Waals surface area contributed by atoms with Gasteiger partial charge in [0.05, 0.1) is 63.5 Å². The fraction of sp³-hybridized carbons (Fsp3) is 0.268. The van der Waals surface area contributed by atoms with Gasteiger partial charge in [0.1, 0.15) is 17.6 Å². The van der Waals surface area contributed by atoms with E-state index in [-0.39, 0.29) is 5.56 Å². The molecule has 0 radical (unpaired) electrons. The van der Waals surface area contributed by atoms with Crippen molar-refractivity contribution in [1.29, 1.82) is 0 Å². The first kappa shape index (κ1) is 33.8. The van der Waals surface area contributed by atoms with Crippen LogP contribution in [0.5, 0.6) is 28.9 Å². The van der Waals surface area contributed by atoms with E-state index in [1.165, 1.54) is 12.8 Å². The maximum absolute atomic E-state index is 12.5. The van der Waals surface area contributed by atoms with Crippen LogP contribution in [-0.4, -0.2) is 57.5 Å². The lowest BCUT2D eigenvalue weighted by molar-refractivity contribution is 0.297. The molecule has 0 unspecified atom stereocenters. The molecular formula is C41H40N6O6. The molecule has 12 heteroatoms. The van der Waals surface area contributed by atoms with Gasteiger partial charge in [-0.3, -0.25) is 4.79 Å². The summed E-state index contributed by atoms with van der Waals surface area (Å²) in [6.07, 6.45) is 8.22. The van der Waals surface area contributed by atoms with Crippen molar-refractivity contribution >= 4 is 22.1 Å². The van der Waals surface area contributed by atoms with Crippen molar-refractivity contribution in [3.63, 3.8) is 0 Å². The Labute approximate surface area is 305 Å². The fourth-order valence-corrected chi connectivity index (χ4v) is 6.48. The third-order valence-corrected chi connectivity index (χ3v) is 9.56. The molecule has 0 spiro atoms. The summed E-state index contributed by atoms with van der Waals surface area (Å²) in [6.45, 7) is 0.453. The van der Waals surface area contributed by atoms with Crippen LogP contribution in [0.2, 0.25) is 0 Å². The van der Waals surface area contributed by atoms with Crippen molar-refractivity contribution in [2.24, 2.45) is 0 Å². The van der Waals surface area contributed by atoms with Crippen LogP contribution in [0.3, 0.4) is 0 Å². The lowest BCUT2D eigenvalue weighted by atomic mass is 10.1. The number of aromatic amines is 1. The molecule has 53 heavy (non-hydrogen) atoms. The Morgan fingerprint density at radius 1 is 0.660 bits per heavy atom. The Balaban J connectivity index is 0.000000156. The van der Waals surface area contributed by atoms with Crippen LogP contribution in [-0.2, 0) is 6.61 Å². The predicted molar refractivity (Wildman–Crippen MR) is 202 cm³/mol. The van der Waals surface area contributed by atoms with Crippen molar-refractivity contribution in [2.45, 2.75) is 44.4 Å². The van der Waals surface area contributed by atoms with Crippen molar-refractivity contribution < 1.29 is 23.7 Å². The molecule has 0 bridgehead atoms. The third kappa shape index (κ3) is 6.87. The summed E-state index contributed by atoms with van der Waals surface area (Å²) in [4.78, 5) is 29.4. The summed E-state index contributed by atoms with van der Waals surface area (Å²) >= 11 is 0. The minimum absolute atomic E-state index is 0.114. The molecule has 270 valence electrons. The number of nitrogens with zero attached hydrogens (tertiary/aromatic N) is 5. The molecule has 0 saturated heterocycles. The van der Waals surface area contributed by atoms with Crippen LogP contribution in [0.15, 0.2) is 96.3 Å². The molecule has 1 N–H and O–H groups in total. The second-order valence-electron chi connectivity index (χ2n) is 13.1. The first-order valence-electron chi connectivity index (χ1n) is 17.6. The molecule has 12 nitrogen and oxygen atoms in total. The molecule has 2 fully saturated rings. The number of imidazole rings is 2. The highest BCUT2D eigenvalue weighted by Gasteiger charge is 2.28. The minimum Gasteiger partial charge on any atom is -0.493 e. The lowest BCUT2D eigenvalue weighted by Crippen LogP contribution is -2.11. The predicted octanol–water partition coefficient (Wildman–Crippen LogP) is 7.77. The SMILES string of the molecule is COc1ccc(-c2cc3ncn(C4CC4)c3c(=O)[nH]2)cc1OC.COc1ccc(-c2cc3ncn(C4CC4)c3c(OCc3ccccc3)n2)cc1OC. The number of rotatable bonds is 11. The second kappa shape index (κ2) is 14.4. The van der Waals surface area contributed by atoms with E-state index in [2.05, 4.69) is 19.5 Å². The number of hydrogen-bond acceptors (Lipinski definition) is 9. The normalized spacial score (nSPS) is 13.7. The zero-order valence-electron chi connectivity index (χ0n) is 30.0. The number of ether oxygens (including phenoxy) is 5. The van der Waals surface area contributed by atoms with Gasteiger partial charge in [-0.05, 0) is 79.8 Å². The molecule has 4 aromatic heterocycles. The van der Waals surface area contributed by atoms with Gasteiger partial charge in [0, 0.05) is 23.2 Å². The average Bonchev–Trinajstić information content (AvgIpc) is 4.15. The molecule has 2 saturated carbocycles. The van der Waals surface area contributed by atoms with E-state index in [9.17, 15) is 4.79 Å². The number of pyridine rings is 2. The number of fused-ring (bicyclic) bond motifs is 2. The molecule has 0 amide bonds. The van der Waals surface area contributed by atoms with Gasteiger partial charge in [0.25, 0.3) is 5.56 Å². The Morgan fingerprint density at radius 3 is 1.83 bits per heavy atom. The molecule has 2 aliphatic rings.